The van der Waals surface area contributed by atoms with E-state index in [9.17, 15) is 4.79 Å². The van der Waals surface area contributed by atoms with Gasteiger partial charge in [-0.05, 0) is 30.9 Å². The summed E-state index contributed by atoms with van der Waals surface area (Å²) in [6, 6.07) is 3.98. The van der Waals surface area contributed by atoms with Crippen molar-refractivity contribution in [2.75, 3.05) is 13.1 Å². The number of carbonyl (C=O) groups excluding carboxylic acids is 1. The highest BCUT2D eigenvalue weighted by molar-refractivity contribution is 7.10. The first-order valence-electron chi connectivity index (χ1n) is 8.12. The highest BCUT2D eigenvalue weighted by Gasteiger charge is 2.43. The number of nitrogens with zero attached hydrogens (tertiary/aromatic N) is 3. The van der Waals surface area contributed by atoms with E-state index < -0.39 is 0 Å². The summed E-state index contributed by atoms with van der Waals surface area (Å²) in [5.41, 5.74) is 0. The predicted molar refractivity (Wildman–Crippen MR) is 89.4 cm³/mol. The van der Waals surface area contributed by atoms with Crippen molar-refractivity contribution in [2.45, 2.75) is 32.0 Å². The molecule has 0 spiro atoms. The second kappa shape index (κ2) is 6.49. The van der Waals surface area contributed by atoms with Crippen LogP contribution < -0.4 is 0 Å². The monoisotopic (exact) mass is 345 g/mol. The van der Waals surface area contributed by atoms with Crippen LogP contribution in [0.2, 0.25) is 0 Å². The lowest BCUT2D eigenvalue weighted by Crippen LogP contribution is -2.30. The van der Waals surface area contributed by atoms with Crippen LogP contribution in [-0.2, 0) is 16.0 Å². The lowest BCUT2D eigenvalue weighted by Gasteiger charge is -2.17. The van der Waals surface area contributed by atoms with Crippen molar-refractivity contribution in [2.24, 2.45) is 5.92 Å². The van der Waals surface area contributed by atoms with E-state index in [1.807, 2.05) is 35.4 Å². The molecule has 2 aromatic rings. The van der Waals surface area contributed by atoms with Gasteiger partial charge in [-0.3, -0.25) is 4.79 Å². The molecule has 2 aliphatic heterocycles. The van der Waals surface area contributed by atoms with Gasteiger partial charge in [0.1, 0.15) is 0 Å². The topological polar surface area (TPSA) is 68.5 Å². The fraction of sp³-hybridized carbons (Fsp3) is 0.471. The number of ether oxygens (including phenoxy) is 1. The Bertz CT molecular complexity index is 726. The molecule has 24 heavy (non-hydrogen) atoms. The van der Waals surface area contributed by atoms with Crippen molar-refractivity contribution >= 4 is 23.3 Å². The van der Waals surface area contributed by atoms with E-state index in [4.69, 9.17) is 9.26 Å². The molecule has 2 fully saturated rings. The fourth-order valence-electron chi connectivity index (χ4n) is 3.44. The maximum Gasteiger partial charge on any atom is 0.246 e. The Kier molecular flexibility index (Phi) is 4.20. The van der Waals surface area contributed by atoms with Crippen LogP contribution in [0.1, 0.15) is 23.0 Å². The zero-order chi connectivity index (χ0) is 16.5. The zero-order valence-corrected chi connectivity index (χ0v) is 14.2. The quantitative estimate of drug-likeness (QED) is 0.796. The molecule has 4 heterocycles. The molecule has 2 aromatic heterocycles. The van der Waals surface area contributed by atoms with E-state index in [0.717, 1.165) is 17.8 Å². The molecule has 4 rings (SSSR count). The molecule has 0 saturated carbocycles. The van der Waals surface area contributed by atoms with Gasteiger partial charge >= 0.3 is 0 Å². The first-order chi connectivity index (χ1) is 11.7. The molecule has 0 aliphatic carbocycles. The summed E-state index contributed by atoms with van der Waals surface area (Å²) in [6.45, 7) is 3.24. The maximum absolute atomic E-state index is 12.3. The van der Waals surface area contributed by atoms with Crippen molar-refractivity contribution in [3.63, 3.8) is 0 Å². The van der Waals surface area contributed by atoms with Gasteiger partial charge in [0.2, 0.25) is 11.8 Å². The van der Waals surface area contributed by atoms with Gasteiger partial charge in [0, 0.05) is 30.0 Å². The SMILES string of the molecule is Cc1noc(C[C@H]2C[C@H]3CN(C(=O)/C=C/c4cccs4)C[C@H]3O2)n1. The molecule has 2 saturated heterocycles. The fourth-order valence-corrected chi connectivity index (χ4v) is 4.05. The molecule has 7 heteroatoms. The number of aromatic nitrogens is 2. The first-order valence-corrected chi connectivity index (χ1v) is 9.00. The number of hydrogen-bond acceptors (Lipinski definition) is 6. The van der Waals surface area contributed by atoms with E-state index in [2.05, 4.69) is 10.1 Å². The smallest absolute Gasteiger partial charge is 0.246 e. The largest absolute Gasteiger partial charge is 0.372 e. The highest BCUT2D eigenvalue weighted by Crippen LogP contribution is 2.34. The van der Waals surface area contributed by atoms with Gasteiger partial charge in [0.25, 0.3) is 0 Å². The minimum absolute atomic E-state index is 0.0606. The zero-order valence-electron chi connectivity index (χ0n) is 13.4. The normalized spacial score (nSPS) is 26.4. The standard InChI is InChI=1S/C17H19N3O3S/c1-11-18-16(23-19-11)8-13-7-12-9-20(10-15(12)22-13)17(21)5-4-14-3-2-6-24-14/h2-6,12-13,15H,7-10H2,1H3/b5-4+/t12-,13+,15+/m0/s1. The molecular weight excluding hydrogens is 326 g/mol. The van der Waals surface area contributed by atoms with Crippen LogP contribution >= 0.6 is 11.3 Å². The lowest BCUT2D eigenvalue weighted by atomic mass is 10.0. The number of rotatable bonds is 4. The second-order valence-corrected chi connectivity index (χ2v) is 7.30. The Morgan fingerprint density at radius 1 is 1.50 bits per heavy atom. The van der Waals surface area contributed by atoms with E-state index in [0.29, 0.717) is 30.6 Å². The molecule has 2 aliphatic rings. The molecule has 0 aromatic carbocycles. The number of likely N-dealkylation sites (tertiary alicyclic amines) is 1. The van der Waals surface area contributed by atoms with Crippen LogP contribution in [0.25, 0.3) is 6.08 Å². The van der Waals surface area contributed by atoms with Crippen molar-refractivity contribution in [1.82, 2.24) is 15.0 Å². The Labute approximate surface area is 144 Å². The van der Waals surface area contributed by atoms with Gasteiger partial charge in [0.15, 0.2) is 5.82 Å². The summed E-state index contributed by atoms with van der Waals surface area (Å²) < 4.78 is 11.2. The van der Waals surface area contributed by atoms with Gasteiger partial charge in [-0.15, -0.1) is 11.3 Å². The van der Waals surface area contributed by atoms with Crippen LogP contribution in [0.15, 0.2) is 28.1 Å². The number of fused-ring (bicyclic) bond motifs is 1. The molecule has 3 atom stereocenters. The number of aryl methyl sites for hydroxylation is 1. The number of thiophene rings is 1. The molecule has 126 valence electrons. The number of amides is 1. The average Bonchev–Trinajstić information content (AvgIpc) is 3.29. The average molecular weight is 345 g/mol. The summed E-state index contributed by atoms with van der Waals surface area (Å²) in [6.07, 6.45) is 5.36. The third kappa shape index (κ3) is 3.27. The molecular formula is C17H19N3O3S. The van der Waals surface area contributed by atoms with Crippen LogP contribution in [0.4, 0.5) is 0 Å². The van der Waals surface area contributed by atoms with Gasteiger partial charge in [-0.25, -0.2) is 0 Å². The van der Waals surface area contributed by atoms with Gasteiger partial charge in [-0.2, -0.15) is 4.98 Å². The van der Waals surface area contributed by atoms with Gasteiger partial charge in [0.05, 0.1) is 18.6 Å². The van der Waals surface area contributed by atoms with Crippen LogP contribution in [0.5, 0.6) is 0 Å². The number of hydrogen-bond donors (Lipinski definition) is 0. The molecule has 0 N–H and O–H groups in total. The Balaban J connectivity index is 1.30. The van der Waals surface area contributed by atoms with Gasteiger partial charge in [-0.1, -0.05) is 11.2 Å². The van der Waals surface area contributed by atoms with Crippen LogP contribution in [0, 0.1) is 12.8 Å². The molecule has 0 bridgehead atoms. The highest BCUT2D eigenvalue weighted by atomic mass is 32.1. The van der Waals surface area contributed by atoms with E-state index in [1.165, 1.54) is 0 Å². The Morgan fingerprint density at radius 2 is 2.42 bits per heavy atom. The van der Waals surface area contributed by atoms with Crippen molar-refractivity contribution in [1.29, 1.82) is 0 Å². The van der Waals surface area contributed by atoms with Crippen molar-refractivity contribution < 1.29 is 14.1 Å². The van der Waals surface area contributed by atoms with E-state index >= 15 is 0 Å². The molecule has 0 unspecified atom stereocenters. The molecule has 1 amide bonds. The maximum atomic E-state index is 12.3. The third-order valence-corrected chi connectivity index (χ3v) is 5.37. The van der Waals surface area contributed by atoms with Crippen molar-refractivity contribution in [3.8, 4) is 0 Å². The Hall–Kier alpha value is -1.99. The van der Waals surface area contributed by atoms with Gasteiger partial charge < -0.3 is 14.2 Å². The van der Waals surface area contributed by atoms with Crippen LogP contribution in [-0.4, -0.2) is 46.2 Å². The molecule has 6 nitrogen and oxygen atoms in total. The minimum Gasteiger partial charge on any atom is -0.372 e. The lowest BCUT2D eigenvalue weighted by molar-refractivity contribution is -0.125. The predicted octanol–water partition coefficient (Wildman–Crippen LogP) is 2.31. The first kappa shape index (κ1) is 15.5. The third-order valence-electron chi connectivity index (χ3n) is 4.53. The summed E-state index contributed by atoms with van der Waals surface area (Å²) in [7, 11) is 0. The van der Waals surface area contributed by atoms with Crippen LogP contribution in [0.3, 0.4) is 0 Å². The minimum atomic E-state index is 0.0606. The summed E-state index contributed by atoms with van der Waals surface area (Å²) in [5.74, 6) is 1.74. The van der Waals surface area contributed by atoms with Crippen molar-refractivity contribution in [3.05, 3.63) is 40.2 Å². The van der Waals surface area contributed by atoms with E-state index in [-0.39, 0.29) is 18.1 Å². The summed E-state index contributed by atoms with van der Waals surface area (Å²) in [5, 5.41) is 5.81. The summed E-state index contributed by atoms with van der Waals surface area (Å²) >= 11 is 1.62. The number of carbonyl (C=O) groups is 1. The van der Waals surface area contributed by atoms with E-state index in [1.54, 1.807) is 17.4 Å². The second-order valence-electron chi connectivity index (χ2n) is 6.32. The Morgan fingerprint density at radius 3 is 3.12 bits per heavy atom. The summed E-state index contributed by atoms with van der Waals surface area (Å²) in [4.78, 5) is 19.5. The molecule has 0 radical (unpaired) electrons.